The Labute approximate surface area is 103 Å². The fourth-order valence-electron chi connectivity index (χ4n) is 1.46. The molecule has 0 aromatic heterocycles. The van der Waals surface area contributed by atoms with Crippen LogP contribution in [0.25, 0.3) is 0 Å². The zero-order valence-electron chi connectivity index (χ0n) is 8.85. The molecule has 2 aromatic carbocycles. The van der Waals surface area contributed by atoms with E-state index in [-0.39, 0.29) is 17.2 Å². The monoisotopic (exact) mass is 247 g/mol. The predicted octanol–water partition coefficient (Wildman–Crippen LogP) is 2.86. The number of nitrogens with two attached hydrogens (primary N) is 1. The molecule has 0 saturated heterocycles. The smallest absolute Gasteiger partial charge is 0.193 e. The normalized spacial score (nSPS) is 10.2. The van der Waals surface area contributed by atoms with Gasteiger partial charge in [-0.05, 0) is 42.5 Å². The molecular weight excluding hydrogens is 238 g/mol. The average molecular weight is 248 g/mol. The topological polar surface area (TPSA) is 63.3 Å². The van der Waals surface area contributed by atoms with Gasteiger partial charge < -0.3 is 10.8 Å². The molecule has 0 spiro atoms. The summed E-state index contributed by atoms with van der Waals surface area (Å²) in [4.78, 5) is 12.0. The van der Waals surface area contributed by atoms with Crippen LogP contribution in [-0.2, 0) is 0 Å². The highest BCUT2D eigenvalue weighted by Gasteiger charge is 2.10. The van der Waals surface area contributed by atoms with E-state index in [0.717, 1.165) is 0 Å². The minimum atomic E-state index is -0.159. The van der Waals surface area contributed by atoms with Crippen LogP contribution in [-0.4, -0.2) is 10.9 Å². The first-order valence-electron chi connectivity index (χ1n) is 4.96. The Morgan fingerprint density at radius 2 is 1.65 bits per heavy atom. The van der Waals surface area contributed by atoms with Gasteiger partial charge >= 0.3 is 0 Å². The molecule has 4 heteroatoms. The second kappa shape index (κ2) is 4.47. The van der Waals surface area contributed by atoms with Crippen LogP contribution >= 0.6 is 11.6 Å². The van der Waals surface area contributed by atoms with Crippen LogP contribution in [0.15, 0.2) is 42.5 Å². The number of carbonyl (C=O) groups excluding carboxylic acids is 1. The van der Waals surface area contributed by atoms with E-state index in [2.05, 4.69) is 0 Å². The Balaban J connectivity index is 2.37. The van der Waals surface area contributed by atoms with Crippen molar-refractivity contribution in [1.29, 1.82) is 0 Å². The maximum atomic E-state index is 12.0. The van der Waals surface area contributed by atoms with Gasteiger partial charge in [0.05, 0.1) is 5.69 Å². The SMILES string of the molecule is Nc1cc(C(=O)c2ccc(Cl)cc2)ccc1O. The minimum Gasteiger partial charge on any atom is -0.506 e. The zero-order chi connectivity index (χ0) is 12.4. The predicted molar refractivity (Wildman–Crippen MR) is 67.4 cm³/mol. The van der Waals surface area contributed by atoms with E-state index < -0.39 is 0 Å². The van der Waals surface area contributed by atoms with Gasteiger partial charge in [-0.3, -0.25) is 4.79 Å². The van der Waals surface area contributed by atoms with Gasteiger partial charge in [0.25, 0.3) is 0 Å². The summed E-state index contributed by atoms with van der Waals surface area (Å²) in [5.74, 6) is -0.189. The van der Waals surface area contributed by atoms with E-state index in [1.165, 1.54) is 18.2 Å². The number of anilines is 1. The van der Waals surface area contributed by atoms with E-state index in [1.807, 2.05) is 0 Å². The summed E-state index contributed by atoms with van der Waals surface area (Å²) >= 11 is 5.74. The first-order valence-corrected chi connectivity index (χ1v) is 5.34. The summed E-state index contributed by atoms with van der Waals surface area (Å²) in [6.07, 6.45) is 0. The maximum Gasteiger partial charge on any atom is 0.193 e. The number of halogens is 1. The lowest BCUT2D eigenvalue weighted by molar-refractivity contribution is 0.103. The van der Waals surface area contributed by atoms with E-state index in [1.54, 1.807) is 24.3 Å². The highest BCUT2D eigenvalue weighted by Crippen LogP contribution is 2.22. The van der Waals surface area contributed by atoms with E-state index in [0.29, 0.717) is 16.1 Å². The first-order chi connectivity index (χ1) is 8.08. The Morgan fingerprint density at radius 3 is 2.24 bits per heavy atom. The van der Waals surface area contributed by atoms with Crippen molar-refractivity contribution in [3.8, 4) is 5.75 Å². The molecule has 2 aromatic rings. The lowest BCUT2D eigenvalue weighted by Gasteiger charge is -2.04. The molecule has 0 fully saturated rings. The van der Waals surface area contributed by atoms with Gasteiger partial charge in [0.15, 0.2) is 5.78 Å². The lowest BCUT2D eigenvalue weighted by atomic mass is 10.0. The van der Waals surface area contributed by atoms with Crippen LogP contribution in [0.1, 0.15) is 15.9 Å². The molecule has 3 N–H and O–H groups in total. The highest BCUT2D eigenvalue weighted by atomic mass is 35.5. The van der Waals surface area contributed by atoms with Crippen LogP contribution in [0.4, 0.5) is 5.69 Å². The number of rotatable bonds is 2. The number of hydrogen-bond acceptors (Lipinski definition) is 3. The molecule has 0 radical (unpaired) electrons. The lowest BCUT2D eigenvalue weighted by Crippen LogP contribution is -2.01. The molecule has 17 heavy (non-hydrogen) atoms. The standard InChI is InChI=1S/C13H10ClNO2/c14-10-4-1-8(2-5-10)13(17)9-3-6-12(16)11(15)7-9/h1-7,16H,15H2. The van der Waals surface area contributed by atoms with Crippen molar-refractivity contribution in [3.63, 3.8) is 0 Å². The van der Waals surface area contributed by atoms with Gasteiger partial charge in [0, 0.05) is 16.1 Å². The van der Waals surface area contributed by atoms with Crippen molar-refractivity contribution in [3.05, 3.63) is 58.6 Å². The second-order valence-electron chi connectivity index (χ2n) is 3.61. The first kappa shape index (κ1) is 11.5. The molecule has 2 rings (SSSR count). The summed E-state index contributed by atoms with van der Waals surface area (Å²) in [5, 5.41) is 9.85. The number of benzene rings is 2. The Bertz CT molecular complexity index is 564. The quantitative estimate of drug-likeness (QED) is 0.487. The van der Waals surface area contributed by atoms with Crippen molar-refractivity contribution in [2.24, 2.45) is 0 Å². The minimum absolute atomic E-state index is 0.0299. The number of carbonyl (C=O) groups is 1. The Hall–Kier alpha value is -2.00. The molecule has 0 heterocycles. The molecule has 0 aliphatic carbocycles. The number of ketones is 1. The van der Waals surface area contributed by atoms with Crippen molar-refractivity contribution in [1.82, 2.24) is 0 Å². The third kappa shape index (κ3) is 2.40. The zero-order valence-corrected chi connectivity index (χ0v) is 9.61. The average Bonchev–Trinajstić information content (AvgIpc) is 2.33. The number of aromatic hydroxyl groups is 1. The second-order valence-corrected chi connectivity index (χ2v) is 4.05. The molecule has 0 unspecified atom stereocenters. The largest absolute Gasteiger partial charge is 0.506 e. The summed E-state index contributed by atoms with van der Waals surface area (Å²) < 4.78 is 0. The van der Waals surface area contributed by atoms with E-state index >= 15 is 0 Å². The molecule has 0 amide bonds. The number of nitrogen functional groups attached to an aromatic ring is 1. The fraction of sp³-hybridized carbons (Fsp3) is 0. The van der Waals surface area contributed by atoms with Gasteiger partial charge in [0.1, 0.15) is 5.75 Å². The van der Waals surface area contributed by atoms with E-state index in [4.69, 9.17) is 17.3 Å². The maximum absolute atomic E-state index is 12.0. The summed E-state index contributed by atoms with van der Waals surface area (Å²) in [6, 6.07) is 11.0. The van der Waals surface area contributed by atoms with Gasteiger partial charge in [-0.1, -0.05) is 11.6 Å². The van der Waals surface area contributed by atoms with Crippen LogP contribution in [0.3, 0.4) is 0 Å². The van der Waals surface area contributed by atoms with Crippen molar-refractivity contribution >= 4 is 23.1 Å². The highest BCUT2D eigenvalue weighted by molar-refractivity contribution is 6.30. The van der Waals surface area contributed by atoms with Crippen LogP contribution in [0.5, 0.6) is 5.75 Å². The number of hydrogen-bond donors (Lipinski definition) is 2. The molecular formula is C13H10ClNO2. The third-order valence-corrected chi connectivity index (χ3v) is 2.65. The molecule has 0 atom stereocenters. The Kier molecular flexibility index (Phi) is 3.02. The van der Waals surface area contributed by atoms with Crippen LogP contribution < -0.4 is 5.73 Å². The third-order valence-electron chi connectivity index (χ3n) is 2.40. The van der Waals surface area contributed by atoms with Gasteiger partial charge in [-0.25, -0.2) is 0 Å². The van der Waals surface area contributed by atoms with Crippen molar-refractivity contribution in [2.75, 3.05) is 5.73 Å². The molecule has 0 aliphatic heterocycles. The number of phenols is 1. The van der Waals surface area contributed by atoms with Gasteiger partial charge in [-0.15, -0.1) is 0 Å². The van der Waals surface area contributed by atoms with Crippen molar-refractivity contribution in [2.45, 2.75) is 0 Å². The van der Waals surface area contributed by atoms with Crippen molar-refractivity contribution < 1.29 is 9.90 Å². The van der Waals surface area contributed by atoms with Gasteiger partial charge in [0.2, 0.25) is 0 Å². The summed E-state index contributed by atoms with van der Waals surface area (Å²) in [6.45, 7) is 0. The van der Waals surface area contributed by atoms with E-state index in [9.17, 15) is 9.90 Å². The molecule has 86 valence electrons. The molecule has 0 bridgehead atoms. The van der Waals surface area contributed by atoms with Crippen LogP contribution in [0, 0.1) is 0 Å². The number of phenolic OH excluding ortho intramolecular Hbond substituents is 1. The van der Waals surface area contributed by atoms with Gasteiger partial charge in [-0.2, -0.15) is 0 Å². The molecule has 0 saturated carbocycles. The van der Waals surface area contributed by atoms with Crippen LogP contribution in [0.2, 0.25) is 5.02 Å². The fourth-order valence-corrected chi connectivity index (χ4v) is 1.59. The Morgan fingerprint density at radius 1 is 1.06 bits per heavy atom. The molecule has 0 aliphatic rings. The summed E-state index contributed by atoms with van der Waals surface area (Å²) in [5.41, 5.74) is 6.68. The summed E-state index contributed by atoms with van der Waals surface area (Å²) in [7, 11) is 0. The molecule has 3 nitrogen and oxygen atoms in total.